The van der Waals surface area contributed by atoms with Crippen molar-refractivity contribution in [2.75, 3.05) is 6.54 Å². The number of hydrogen-bond acceptors (Lipinski definition) is 5. The van der Waals surface area contributed by atoms with Gasteiger partial charge in [0.25, 0.3) is 11.8 Å². The second-order valence-electron chi connectivity index (χ2n) is 7.83. The lowest BCUT2D eigenvalue weighted by atomic mass is 10.0. The van der Waals surface area contributed by atoms with Gasteiger partial charge in [0, 0.05) is 5.56 Å². The van der Waals surface area contributed by atoms with Crippen molar-refractivity contribution < 1.29 is 19.1 Å². The van der Waals surface area contributed by atoms with Gasteiger partial charge in [0.1, 0.15) is 5.75 Å². The van der Waals surface area contributed by atoms with E-state index in [1.807, 2.05) is 55.5 Å². The van der Waals surface area contributed by atoms with Crippen LogP contribution in [0.1, 0.15) is 31.8 Å². The molecular weight excluding hydrogens is 442 g/mol. The minimum atomic E-state index is -0.456. The van der Waals surface area contributed by atoms with Gasteiger partial charge in [-0.25, -0.2) is 10.2 Å². The highest BCUT2D eigenvalue weighted by atomic mass is 16.5. The maximum absolute atomic E-state index is 12.6. The van der Waals surface area contributed by atoms with Gasteiger partial charge in [-0.05, 0) is 65.7 Å². The molecule has 0 aliphatic carbocycles. The number of ether oxygens (including phenoxy) is 1. The molecule has 4 rings (SSSR count). The molecule has 0 fully saturated rings. The van der Waals surface area contributed by atoms with Gasteiger partial charge in [-0.2, -0.15) is 5.10 Å². The van der Waals surface area contributed by atoms with E-state index in [9.17, 15) is 14.4 Å². The highest BCUT2D eigenvalue weighted by Crippen LogP contribution is 2.21. The summed E-state index contributed by atoms with van der Waals surface area (Å²) in [6, 6.07) is 26.9. The minimum absolute atomic E-state index is 0.201. The molecule has 0 saturated carbocycles. The minimum Gasteiger partial charge on any atom is -0.423 e. The highest BCUT2D eigenvalue weighted by Gasteiger charge is 2.12. The molecule has 0 heterocycles. The number of carbonyl (C=O) groups excluding carboxylic acids is 3. The number of amides is 2. The Hall–Kier alpha value is -4.78. The van der Waals surface area contributed by atoms with Gasteiger partial charge in [-0.15, -0.1) is 0 Å². The van der Waals surface area contributed by atoms with Crippen molar-refractivity contribution in [1.82, 2.24) is 10.7 Å². The van der Waals surface area contributed by atoms with Crippen molar-refractivity contribution in [2.45, 2.75) is 6.92 Å². The largest absolute Gasteiger partial charge is 0.423 e. The summed E-state index contributed by atoms with van der Waals surface area (Å²) < 4.78 is 5.51. The molecule has 0 saturated heterocycles. The third kappa shape index (κ3) is 6.17. The lowest BCUT2D eigenvalue weighted by Gasteiger charge is -2.07. The Labute approximate surface area is 202 Å². The van der Waals surface area contributed by atoms with Crippen LogP contribution >= 0.6 is 0 Å². The molecule has 7 heteroatoms. The number of hydrogen-bond donors (Lipinski definition) is 2. The molecule has 0 radical (unpaired) electrons. The summed E-state index contributed by atoms with van der Waals surface area (Å²) in [4.78, 5) is 36.6. The standard InChI is InChI=1S/C28H23N3O4/c1-19-9-13-22(14-10-19)27(33)29-18-26(32)31-30-17-20-11-15-23(16-12-20)35-28(34)25-8-4-6-21-5-2-3-7-24(21)25/h2-17H,18H2,1H3,(H,29,33)(H,31,32). The van der Waals surface area contributed by atoms with Crippen LogP contribution in [0.2, 0.25) is 0 Å². The Morgan fingerprint density at radius 2 is 1.57 bits per heavy atom. The Bertz CT molecular complexity index is 1390. The molecule has 0 aliphatic heterocycles. The molecule has 0 aromatic heterocycles. The third-order valence-electron chi connectivity index (χ3n) is 5.23. The van der Waals surface area contributed by atoms with Crippen molar-refractivity contribution in [3.63, 3.8) is 0 Å². The van der Waals surface area contributed by atoms with E-state index in [0.29, 0.717) is 22.4 Å². The molecule has 0 bridgehead atoms. The van der Waals surface area contributed by atoms with Crippen molar-refractivity contribution >= 4 is 34.8 Å². The molecule has 35 heavy (non-hydrogen) atoms. The van der Waals surface area contributed by atoms with Crippen LogP contribution < -0.4 is 15.5 Å². The first kappa shape index (κ1) is 23.4. The van der Waals surface area contributed by atoms with Gasteiger partial charge < -0.3 is 10.1 Å². The first-order chi connectivity index (χ1) is 17.0. The highest BCUT2D eigenvalue weighted by molar-refractivity contribution is 6.05. The topological polar surface area (TPSA) is 96.9 Å². The van der Waals surface area contributed by atoms with Gasteiger partial charge >= 0.3 is 5.97 Å². The van der Waals surface area contributed by atoms with Gasteiger partial charge in [0.05, 0.1) is 18.3 Å². The number of nitrogens with one attached hydrogen (secondary N) is 2. The van der Waals surface area contributed by atoms with Crippen LogP contribution in [0.4, 0.5) is 0 Å². The number of nitrogens with zero attached hydrogens (tertiary/aromatic N) is 1. The van der Waals surface area contributed by atoms with Crippen molar-refractivity contribution in [2.24, 2.45) is 5.10 Å². The van der Waals surface area contributed by atoms with Crippen LogP contribution in [0.25, 0.3) is 10.8 Å². The Kier molecular flexibility index (Phi) is 7.28. The molecule has 4 aromatic rings. The fourth-order valence-corrected chi connectivity index (χ4v) is 3.37. The predicted octanol–water partition coefficient (Wildman–Crippen LogP) is 4.25. The molecule has 4 aromatic carbocycles. The van der Waals surface area contributed by atoms with E-state index in [1.54, 1.807) is 42.5 Å². The molecule has 0 spiro atoms. The Balaban J connectivity index is 1.27. The molecule has 2 amide bonds. The van der Waals surface area contributed by atoms with E-state index in [1.165, 1.54) is 6.21 Å². The smallest absolute Gasteiger partial charge is 0.344 e. The van der Waals surface area contributed by atoms with E-state index in [4.69, 9.17) is 4.74 Å². The number of hydrazone groups is 1. The van der Waals surface area contributed by atoms with Gasteiger partial charge in [-0.3, -0.25) is 9.59 Å². The number of carbonyl (C=O) groups is 3. The van der Waals surface area contributed by atoms with Crippen LogP contribution in [0.15, 0.2) is 96.1 Å². The SMILES string of the molecule is Cc1ccc(C(=O)NCC(=O)NN=Cc2ccc(OC(=O)c3cccc4ccccc34)cc2)cc1. The second kappa shape index (κ2) is 10.9. The normalized spacial score (nSPS) is 10.8. The van der Waals surface area contributed by atoms with E-state index >= 15 is 0 Å². The van der Waals surface area contributed by atoms with Crippen molar-refractivity contribution in [1.29, 1.82) is 0 Å². The van der Waals surface area contributed by atoms with Crippen LogP contribution in [-0.2, 0) is 4.79 Å². The average Bonchev–Trinajstić information content (AvgIpc) is 2.88. The first-order valence-corrected chi connectivity index (χ1v) is 11.0. The van der Waals surface area contributed by atoms with Crippen LogP contribution in [0, 0.1) is 6.92 Å². The summed E-state index contributed by atoms with van der Waals surface area (Å²) in [6.07, 6.45) is 1.45. The molecule has 2 N–H and O–H groups in total. The lowest BCUT2D eigenvalue weighted by Crippen LogP contribution is -2.34. The molecule has 174 valence electrons. The molecule has 0 unspecified atom stereocenters. The fraction of sp³-hybridized carbons (Fsp3) is 0.0714. The number of rotatable bonds is 7. The number of aryl methyl sites for hydroxylation is 1. The summed E-state index contributed by atoms with van der Waals surface area (Å²) in [6.45, 7) is 1.73. The zero-order chi connectivity index (χ0) is 24.6. The summed E-state index contributed by atoms with van der Waals surface area (Å²) in [5, 5.41) is 8.23. The Morgan fingerprint density at radius 1 is 0.857 bits per heavy atom. The first-order valence-electron chi connectivity index (χ1n) is 11.0. The monoisotopic (exact) mass is 465 g/mol. The van der Waals surface area contributed by atoms with Crippen molar-refractivity contribution in [3.05, 3.63) is 113 Å². The quantitative estimate of drug-likeness (QED) is 0.185. The lowest BCUT2D eigenvalue weighted by molar-refractivity contribution is -0.120. The van der Waals surface area contributed by atoms with E-state index in [2.05, 4.69) is 15.8 Å². The molecule has 7 nitrogen and oxygen atoms in total. The zero-order valence-electron chi connectivity index (χ0n) is 19.0. The van der Waals surface area contributed by atoms with E-state index in [0.717, 1.165) is 16.3 Å². The van der Waals surface area contributed by atoms with Crippen molar-refractivity contribution in [3.8, 4) is 5.75 Å². The number of esters is 1. The van der Waals surface area contributed by atoms with Crippen LogP contribution in [-0.4, -0.2) is 30.5 Å². The van der Waals surface area contributed by atoms with E-state index < -0.39 is 11.9 Å². The number of benzene rings is 4. The predicted molar refractivity (Wildman–Crippen MR) is 135 cm³/mol. The zero-order valence-corrected chi connectivity index (χ0v) is 19.0. The number of fused-ring (bicyclic) bond motifs is 1. The van der Waals surface area contributed by atoms with Crippen LogP contribution in [0.5, 0.6) is 5.75 Å². The summed E-state index contributed by atoms with van der Waals surface area (Å²) in [5.41, 5.74) is 5.07. The Morgan fingerprint density at radius 3 is 2.34 bits per heavy atom. The average molecular weight is 466 g/mol. The maximum atomic E-state index is 12.6. The second-order valence-corrected chi connectivity index (χ2v) is 7.83. The summed E-state index contributed by atoms with van der Waals surface area (Å²) in [5.74, 6) is -0.841. The fourth-order valence-electron chi connectivity index (χ4n) is 3.37. The maximum Gasteiger partial charge on any atom is 0.344 e. The summed E-state index contributed by atoms with van der Waals surface area (Å²) >= 11 is 0. The van der Waals surface area contributed by atoms with Gasteiger partial charge in [-0.1, -0.05) is 54.1 Å². The van der Waals surface area contributed by atoms with Gasteiger partial charge in [0.2, 0.25) is 0 Å². The molecular formula is C28H23N3O4. The third-order valence-corrected chi connectivity index (χ3v) is 5.23. The molecule has 0 aliphatic rings. The summed E-state index contributed by atoms with van der Waals surface area (Å²) in [7, 11) is 0. The van der Waals surface area contributed by atoms with Gasteiger partial charge in [0.15, 0.2) is 0 Å². The van der Waals surface area contributed by atoms with Crippen LogP contribution in [0.3, 0.4) is 0 Å². The van der Waals surface area contributed by atoms with E-state index in [-0.39, 0.29) is 12.5 Å². The molecule has 0 atom stereocenters.